The summed E-state index contributed by atoms with van der Waals surface area (Å²) in [5.41, 5.74) is -1.50. The number of aliphatic hydroxyl groups is 3. The molecule has 1 heterocycles. The number of carbonyl (C=O) groups is 1. The SMILES string of the molecule is O=C1/C(=C/c2ccc(C(O)O)cc2)SC(O)N1c1cccc(C(F)(F)F)c1. The first-order valence-electron chi connectivity index (χ1n) is 7.70. The Labute approximate surface area is 156 Å². The Balaban J connectivity index is 1.88. The smallest absolute Gasteiger partial charge is 0.364 e. The second-order valence-electron chi connectivity index (χ2n) is 5.72. The molecule has 0 aromatic heterocycles. The van der Waals surface area contributed by atoms with Crippen molar-refractivity contribution in [1.82, 2.24) is 0 Å². The molecular weight excluding hydrogens is 383 g/mol. The molecule has 0 saturated carbocycles. The fraction of sp³-hybridized carbons (Fsp3) is 0.167. The van der Waals surface area contributed by atoms with Crippen molar-refractivity contribution in [1.29, 1.82) is 0 Å². The molecule has 9 heteroatoms. The number of thioether (sulfide) groups is 1. The third-order valence-electron chi connectivity index (χ3n) is 3.87. The van der Waals surface area contributed by atoms with Gasteiger partial charge in [0.15, 0.2) is 11.8 Å². The fourth-order valence-electron chi connectivity index (χ4n) is 2.52. The monoisotopic (exact) mass is 397 g/mol. The number of hydrogen-bond donors (Lipinski definition) is 3. The maximum absolute atomic E-state index is 12.9. The number of aliphatic hydroxyl groups excluding tert-OH is 2. The van der Waals surface area contributed by atoms with Gasteiger partial charge in [-0.3, -0.25) is 9.69 Å². The van der Waals surface area contributed by atoms with Crippen LogP contribution in [0.3, 0.4) is 0 Å². The van der Waals surface area contributed by atoms with Crippen molar-refractivity contribution in [3.63, 3.8) is 0 Å². The van der Waals surface area contributed by atoms with E-state index in [0.717, 1.165) is 28.8 Å². The summed E-state index contributed by atoms with van der Waals surface area (Å²) in [7, 11) is 0. The second-order valence-corrected chi connectivity index (χ2v) is 6.81. The number of nitrogens with zero attached hydrogens (tertiary/aromatic N) is 1. The summed E-state index contributed by atoms with van der Waals surface area (Å²) in [5, 5.41) is 28.3. The number of rotatable bonds is 3. The number of amides is 1. The molecule has 0 radical (unpaired) electrons. The molecule has 2 aromatic carbocycles. The molecule has 142 valence electrons. The molecule has 2 aromatic rings. The molecule has 5 nitrogen and oxygen atoms in total. The van der Waals surface area contributed by atoms with Crippen LogP contribution in [0.5, 0.6) is 0 Å². The molecule has 1 atom stereocenters. The van der Waals surface area contributed by atoms with Crippen molar-refractivity contribution in [3.05, 3.63) is 70.1 Å². The van der Waals surface area contributed by atoms with Crippen LogP contribution in [0.4, 0.5) is 18.9 Å². The van der Waals surface area contributed by atoms with E-state index < -0.39 is 29.5 Å². The second kappa shape index (κ2) is 7.35. The Morgan fingerprint density at radius 3 is 2.37 bits per heavy atom. The molecule has 27 heavy (non-hydrogen) atoms. The highest BCUT2D eigenvalue weighted by Gasteiger charge is 2.37. The zero-order chi connectivity index (χ0) is 19.8. The third kappa shape index (κ3) is 4.16. The van der Waals surface area contributed by atoms with Crippen LogP contribution in [0, 0.1) is 0 Å². The van der Waals surface area contributed by atoms with Gasteiger partial charge in [0, 0.05) is 11.3 Å². The minimum absolute atomic E-state index is 0.0584. The van der Waals surface area contributed by atoms with E-state index in [0.29, 0.717) is 5.56 Å². The van der Waals surface area contributed by atoms with E-state index in [4.69, 9.17) is 10.2 Å². The quantitative estimate of drug-likeness (QED) is 0.548. The summed E-state index contributed by atoms with van der Waals surface area (Å²) in [4.78, 5) is 13.6. The van der Waals surface area contributed by atoms with Crippen LogP contribution < -0.4 is 4.90 Å². The largest absolute Gasteiger partial charge is 0.416 e. The maximum Gasteiger partial charge on any atom is 0.416 e. The lowest BCUT2D eigenvalue weighted by atomic mass is 10.1. The summed E-state index contributed by atoms with van der Waals surface area (Å²) >= 11 is 0.808. The first kappa shape index (κ1) is 19.4. The lowest BCUT2D eigenvalue weighted by Crippen LogP contribution is -2.32. The number of carbonyl (C=O) groups excluding carboxylic acids is 1. The van der Waals surface area contributed by atoms with Gasteiger partial charge in [0.25, 0.3) is 5.91 Å². The number of halogens is 3. The summed E-state index contributed by atoms with van der Waals surface area (Å²) in [6.45, 7) is 0. The van der Waals surface area contributed by atoms with E-state index in [1.54, 1.807) is 12.1 Å². The first-order chi connectivity index (χ1) is 12.7. The minimum Gasteiger partial charge on any atom is -0.364 e. The highest BCUT2D eigenvalue weighted by molar-refractivity contribution is 8.05. The predicted octanol–water partition coefficient (Wildman–Crippen LogP) is 3.09. The van der Waals surface area contributed by atoms with E-state index in [-0.39, 0.29) is 16.2 Å². The van der Waals surface area contributed by atoms with Crippen molar-refractivity contribution >= 4 is 29.4 Å². The molecule has 0 bridgehead atoms. The molecule has 0 spiro atoms. The van der Waals surface area contributed by atoms with Gasteiger partial charge >= 0.3 is 6.18 Å². The normalized spacial score (nSPS) is 19.4. The Hall–Kier alpha value is -2.33. The molecule has 1 amide bonds. The van der Waals surface area contributed by atoms with Gasteiger partial charge in [-0.05, 0) is 29.8 Å². The van der Waals surface area contributed by atoms with Crippen molar-refractivity contribution in [2.45, 2.75) is 18.0 Å². The van der Waals surface area contributed by atoms with Crippen molar-refractivity contribution in [3.8, 4) is 0 Å². The molecular formula is C18H14F3NO4S. The Bertz CT molecular complexity index is 881. The van der Waals surface area contributed by atoms with Gasteiger partial charge in [0.05, 0.1) is 10.5 Å². The highest BCUT2D eigenvalue weighted by Crippen LogP contribution is 2.39. The Morgan fingerprint density at radius 1 is 1.11 bits per heavy atom. The van der Waals surface area contributed by atoms with Crippen LogP contribution in [-0.4, -0.2) is 26.8 Å². The van der Waals surface area contributed by atoms with E-state index in [2.05, 4.69) is 0 Å². The fourth-order valence-corrected chi connectivity index (χ4v) is 3.48. The first-order valence-corrected chi connectivity index (χ1v) is 8.58. The van der Waals surface area contributed by atoms with Crippen LogP contribution >= 0.6 is 11.8 Å². The van der Waals surface area contributed by atoms with Gasteiger partial charge in [-0.2, -0.15) is 13.2 Å². The number of benzene rings is 2. The van der Waals surface area contributed by atoms with Crippen LogP contribution in [0.15, 0.2) is 53.4 Å². The van der Waals surface area contributed by atoms with E-state index in [1.165, 1.54) is 30.3 Å². The van der Waals surface area contributed by atoms with E-state index >= 15 is 0 Å². The molecule has 1 aliphatic rings. The van der Waals surface area contributed by atoms with Crippen LogP contribution in [-0.2, 0) is 11.0 Å². The summed E-state index contributed by atoms with van der Waals surface area (Å²) < 4.78 is 38.7. The number of hydrogen-bond acceptors (Lipinski definition) is 5. The zero-order valence-electron chi connectivity index (χ0n) is 13.6. The molecule has 3 rings (SSSR count). The summed E-state index contributed by atoms with van der Waals surface area (Å²) in [6, 6.07) is 10.2. The van der Waals surface area contributed by atoms with Gasteiger partial charge in [0.2, 0.25) is 0 Å². The minimum atomic E-state index is -4.56. The topological polar surface area (TPSA) is 81.0 Å². The molecule has 1 aliphatic heterocycles. The van der Waals surface area contributed by atoms with Gasteiger partial charge in [-0.15, -0.1) is 0 Å². The molecule has 3 N–H and O–H groups in total. The third-order valence-corrected chi connectivity index (χ3v) is 4.83. The standard InChI is InChI=1S/C18H14F3NO4S/c19-18(20,21)12-2-1-3-13(9-12)22-15(23)14(27-17(22)26)8-10-4-6-11(7-5-10)16(24)25/h1-9,16-17,24-26H/b14-8-. The molecule has 1 unspecified atom stereocenters. The predicted molar refractivity (Wildman–Crippen MR) is 94.1 cm³/mol. The van der Waals surface area contributed by atoms with Crippen molar-refractivity contribution < 1.29 is 33.3 Å². The Kier molecular flexibility index (Phi) is 5.29. The zero-order valence-corrected chi connectivity index (χ0v) is 14.4. The van der Waals surface area contributed by atoms with Gasteiger partial charge in [-0.1, -0.05) is 42.1 Å². The maximum atomic E-state index is 12.9. The average molecular weight is 397 g/mol. The van der Waals surface area contributed by atoms with Crippen molar-refractivity contribution in [2.24, 2.45) is 0 Å². The van der Waals surface area contributed by atoms with Crippen LogP contribution in [0.1, 0.15) is 23.0 Å². The molecule has 1 saturated heterocycles. The van der Waals surface area contributed by atoms with Gasteiger partial charge < -0.3 is 15.3 Å². The average Bonchev–Trinajstić information content (AvgIpc) is 2.88. The summed E-state index contributed by atoms with van der Waals surface area (Å²) in [5.74, 6) is -0.627. The Morgan fingerprint density at radius 2 is 1.78 bits per heavy atom. The lowest BCUT2D eigenvalue weighted by Gasteiger charge is -2.20. The van der Waals surface area contributed by atoms with E-state index in [1.807, 2.05) is 0 Å². The molecule has 1 fully saturated rings. The molecule has 0 aliphatic carbocycles. The number of anilines is 1. The van der Waals surface area contributed by atoms with Crippen LogP contribution in [0.25, 0.3) is 6.08 Å². The lowest BCUT2D eigenvalue weighted by molar-refractivity contribution is -0.137. The van der Waals surface area contributed by atoms with Gasteiger partial charge in [-0.25, -0.2) is 0 Å². The van der Waals surface area contributed by atoms with Crippen molar-refractivity contribution in [2.75, 3.05) is 4.90 Å². The van der Waals surface area contributed by atoms with E-state index in [9.17, 15) is 23.1 Å². The van der Waals surface area contributed by atoms with Gasteiger partial charge in [0.1, 0.15) is 0 Å². The van der Waals surface area contributed by atoms with Crippen LogP contribution in [0.2, 0.25) is 0 Å². The highest BCUT2D eigenvalue weighted by atomic mass is 32.2. The number of alkyl halides is 3. The summed E-state index contributed by atoms with van der Waals surface area (Å²) in [6.07, 6.45) is -4.71.